The molecule has 2 N–H and O–H groups in total. The number of nitrogens with zero attached hydrogens (tertiary/aromatic N) is 2. The molecule has 0 saturated carbocycles. The molecule has 5 heteroatoms. The number of amides is 1. The molecule has 0 aromatic carbocycles. The number of hydrogen-bond donors (Lipinski definition) is 2. The van der Waals surface area contributed by atoms with E-state index < -0.39 is 0 Å². The number of nitrogens with one attached hydrogen (secondary N) is 2. The molecular formula is C12H22N4O. The summed E-state index contributed by atoms with van der Waals surface area (Å²) in [6.45, 7) is 8.15. The zero-order valence-corrected chi connectivity index (χ0v) is 11.1. The van der Waals surface area contributed by atoms with Crippen LogP contribution in [0.1, 0.15) is 30.3 Å². The molecule has 0 unspecified atom stereocenters. The Labute approximate surface area is 103 Å². The van der Waals surface area contributed by atoms with Crippen molar-refractivity contribution in [1.82, 2.24) is 20.4 Å². The molecule has 0 bridgehead atoms. The number of aromatic nitrogens is 2. The van der Waals surface area contributed by atoms with Gasteiger partial charge in [0.1, 0.15) is 0 Å². The van der Waals surface area contributed by atoms with E-state index in [0.29, 0.717) is 19.5 Å². The lowest BCUT2D eigenvalue weighted by molar-refractivity contribution is -0.120. The molecule has 5 nitrogen and oxygen atoms in total. The molecule has 96 valence electrons. The molecule has 1 heterocycles. The molecule has 0 aliphatic rings. The van der Waals surface area contributed by atoms with Gasteiger partial charge in [0, 0.05) is 44.4 Å². The lowest BCUT2D eigenvalue weighted by Crippen LogP contribution is -2.27. The topological polar surface area (TPSA) is 59.0 Å². The number of carbonyl (C=O) groups excluding carboxylic acids is 1. The zero-order valence-electron chi connectivity index (χ0n) is 11.1. The Morgan fingerprint density at radius 1 is 1.41 bits per heavy atom. The zero-order chi connectivity index (χ0) is 12.8. The summed E-state index contributed by atoms with van der Waals surface area (Å²) in [7, 11) is 1.94. The minimum absolute atomic E-state index is 0.0969. The van der Waals surface area contributed by atoms with Crippen molar-refractivity contribution < 1.29 is 4.79 Å². The van der Waals surface area contributed by atoms with Crippen LogP contribution in [-0.4, -0.2) is 28.8 Å². The van der Waals surface area contributed by atoms with Crippen LogP contribution in [0, 0.1) is 13.8 Å². The van der Waals surface area contributed by atoms with Gasteiger partial charge in [0.25, 0.3) is 0 Å². The number of aryl methyl sites for hydroxylation is 2. The lowest BCUT2D eigenvalue weighted by atomic mass is 10.2. The van der Waals surface area contributed by atoms with Crippen LogP contribution in [0.3, 0.4) is 0 Å². The van der Waals surface area contributed by atoms with Gasteiger partial charge >= 0.3 is 0 Å². The predicted molar refractivity (Wildman–Crippen MR) is 67.7 cm³/mol. The molecule has 0 spiro atoms. The summed E-state index contributed by atoms with van der Waals surface area (Å²) in [4.78, 5) is 11.2. The van der Waals surface area contributed by atoms with Gasteiger partial charge in [-0.15, -0.1) is 0 Å². The van der Waals surface area contributed by atoms with E-state index in [1.165, 1.54) is 11.3 Å². The minimum atomic E-state index is 0.0969. The second-order valence-electron chi connectivity index (χ2n) is 4.15. The monoisotopic (exact) mass is 238 g/mol. The van der Waals surface area contributed by atoms with Gasteiger partial charge in [-0.1, -0.05) is 0 Å². The highest BCUT2D eigenvalue weighted by molar-refractivity contribution is 5.75. The Hall–Kier alpha value is -1.36. The molecule has 1 aromatic heterocycles. The number of carbonyl (C=O) groups is 1. The van der Waals surface area contributed by atoms with Gasteiger partial charge < -0.3 is 10.6 Å². The molecule has 1 amide bonds. The fourth-order valence-electron chi connectivity index (χ4n) is 1.77. The quantitative estimate of drug-likeness (QED) is 0.716. The molecule has 0 aliphatic carbocycles. The largest absolute Gasteiger partial charge is 0.356 e. The van der Waals surface area contributed by atoms with Crippen LogP contribution >= 0.6 is 0 Å². The smallest absolute Gasteiger partial charge is 0.221 e. The van der Waals surface area contributed by atoms with E-state index in [2.05, 4.69) is 22.7 Å². The first-order valence-corrected chi connectivity index (χ1v) is 6.02. The highest BCUT2D eigenvalue weighted by Gasteiger charge is 2.08. The Bertz CT molecular complexity index is 384. The maximum absolute atomic E-state index is 11.2. The fraction of sp³-hybridized carbons (Fsp3) is 0.667. The third kappa shape index (κ3) is 3.85. The van der Waals surface area contributed by atoms with E-state index in [1.807, 2.05) is 25.6 Å². The first-order chi connectivity index (χ1) is 8.06. The van der Waals surface area contributed by atoms with Crippen LogP contribution in [-0.2, 0) is 18.4 Å². The van der Waals surface area contributed by atoms with Crippen molar-refractivity contribution in [2.45, 2.75) is 33.7 Å². The average molecular weight is 238 g/mol. The first kappa shape index (κ1) is 13.7. The van der Waals surface area contributed by atoms with Crippen molar-refractivity contribution in [1.29, 1.82) is 0 Å². The van der Waals surface area contributed by atoms with E-state index in [0.717, 1.165) is 12.2 Å². The standard InChI is InChI=1S/C12H22N4O/c1-5-14-12(17)6-7-13-8-11-9(2)15-16(4)10(11)3/h13H,5-8H2,1-4H3,(H,14,17). The highest BCUT2D eigenvalue weighted by Crippen LogP contribution is 2.10. The van der Waals surface area contributed by atoms with Gasteiger partial charge in [-0.3, -0.25) is 9.48 Å². The van der Waals surface area contributed by atoms with Crippen LogP contribution in [0.25, 0.3) is 0 Å². The predicted octanol–water partition coefficient (Wildman–Crippen LogP) is 0.653. The van der Waals surface area contributed by atoms with E-state index in [1.54, 1.807) is 0 Å². The van der Waals surface area contributed by atoms with Crippen molar-refractivity contribution in [3.05, 3.63) is 17.0 Å². The van der Waals surface area contributed by atoms with E-state index in [-0.39, 0.29) is 5.91 Å². The van der Waals surface area contributed by atoms with Gasteiger partial charge in [-0.05, 0) is 20.8 Å². The molecule has 0 fully saturated rings. The highest BCUT2D eigenvalue weighted by atomic mass is 16.1. The van der Waals surface area contributed by atoms with Crippen molar-refractivity contribution in [3.8, 4) is 0 Å². The van der Waals surface area contributed by atoms with Gasteiger partial charge in [0.05, 0.1) is 5.69 Å². The van der Waals surface area contributed by atoms with Crippen LogP contribution in [0.2, 0.25) is 0 Å². The first-order valence-electron chi connectivity index (χ1n) is 6.02. The summed E-state index contributed by atoms with van der Waals surface area (Å²) in [6, 6.07) is 0. The van der Waals surface area contributed by atoms with Gasteiger partial charge in [-0.2, -0.15) is 5.10 Å². The van der Waals surface area contributed by atoms with Gasteiger partial charge in [0.15, 0.2) is 0 Å². The maximum atomic E-state index is 11.2. The summed E-state index contributed by atoms with van der Waals surface area (Å²) in [6.07, 6.45) is 0.520. The Morgan fingerprint density at radius 3 is 2.65 bits per heavy atom. The summed E-state index contributed by atoms with van der Waals surface area (Å²) in [5.74, 6) is 0.0969. The van der Waals surface area contributed by atoms with Crippen LogP contribution in [0.4, 0.5) is 0 Å². The van der Waals surface area contributed by atoms with Gasteiger partial charge in [0.2, 0.25) is 5.91 Å². The summed E-state index contributed by atoms with van der Waals surface area (Å²) in [5.41, 5.74) is 3.45. The van der Waals surface area contributed by atoms with Gasteiger partial charge in [-0.25, -0.2) is 0 Å². The lowest BCUT2D eigenvalue weighted by Gasteiger charge is -2.05. The summed E-state index contributed by atoms with van der Waals surface area (Å²) < 4.78 is 1.89. The second kappa shape index (κ2) is 6.39. The fourth-order valence-corrected chi connectivity index (χ4v) is 1.77. The van der Waals surface area contributed by atoms with Crippen LogP contribution in [0.5, 0.6) is 0 Å². The van der Waals surface area contributed by atoms with Crippen LogP contribution < -0.4 is 10.6 Å². The molecular weight excluding hydrogens is 216 g/mol. The molecule has 17 heavy (non-hydrogen) atoms. The summed E-state index contributed by atoms with van der Waals surface area (Å²) in [5, 5.41) is 10.4. The van der Waals surface area contributed by atoms with E-state index >= 15 is 0 Å². The molecule has 0 atom stereocenters. The average Bonchev–Trinajstić information content (AvgIpc) is 2.50. The normalized spacial score (nSPS) is 10.6. The van der Waals surface area contributed by atoms with Crippen molar-refractivity contribution >= 4 is 5.91 Å². The third-order valence-electron chi connectivity index (χ3n) is 2.86. The van der Waals surface area contributed by atoms with Crippen molar-refractivity contribution in [2.24, 2.45) is 7.05 Å². The molecule has 0 aliphatic heterocycles. The second-order valence-corrected chi connectivity index (χ2v) is 4.15. The maximum Gasteiger partial charge on any atom is 0.221 e. The number of rotatable bonds is 6. The van der Waals surface area contributed by atoms with Crippen molar-refractivity contribution in [3.63, 3.8) is 0 Å². The molecule has 0 radical (unpaired) electrons. The Morgan fingerprint density at radius 2 is 2.12 bits per heavy atom. The molecule has 1 aromatic rings. The van der Waals surface area contributed by atoms with Crippen LogP contribution in [0.15, 0.2) is 0 Å². The SMILES string of the molecule is CCNC(=O)CCNCc1c(C)nn(C)c1C. The summed E-state index contributed by atoms with van der Waals surface area (Å²) >= 11 is 0. The third-order valence-corrected chi connectivity index (χ3v) is 2.86. The Kier molecular flexibility index (Phi) is 5.15. The van der Waals surface area contributed by atoms with E-state index in [4.69, 9.17) is 0 Å². The van der Waals surface area contributed by atoms with Crippen molar-refractivity contribution in [2.75, 3.05) is 13.1 Å². The minimum Gasteiger partial charge on any atom is -0.356 e. The molecule has 1 rings (SSSR count). The Balaban J connectivity index is 2.34. The number of hydrogen-bond acceptors (Lipinski definition) is 3. The van der Waals surface area contributed by atoms with E-state index in [9.17, 15) is 4.79 Å². The molecule has 0 saturated heterocycles.